The number of azo groups is 1. The second-order valence-electron chi connectivity index (χ2n) is 5.71. The molecule has 0 saturated carbocycles. The van der Waals surface area contributed by atoms with Gasteiger partial charge in [0, 0.05) is 0 Å². The van der Waals surface area contributed by atoms with E-state index in [2.05, 4.69) is 27.1 Å². The van der Waals surface area contributed by atoms with Crippen LogP contribution in [-0.2, 0) is 20.2 Å². The summed E-state index contributed by atoms with van der Waals surface area (Å²) in [5.74, 6) is -2.25. The predicted molar refractivity (Wildman–Crippen MR) is 98.5 cm³/mol. The third-order valence-corrected chi connectivity index (χ3v) is 6.28. The van der Waals surface area contributed by atoms with E-state index < -0.39 is 58.0 Å². The Morgan fingerprint density at radius 1 is 0.871 bits per heavy atom. The van der Waals surface area contributed by atoms with Crippen LogP contribution in [0.4, 0.5) is 11.4 Å². The van der Waals surface area contributed by atoms with E-state index in [4.69, 9.17) is 4.55 Å². The number of benzene rings is 3. The maximum atomic E-state index is 12.7. The molecule has 0 heterocycles. The Balaban J connectivity index is 0.00000240. The summed E-state index contributed by atoms with van der Waals surface area (Å²) < 4.78 is 65.3. The molecule has 31 heavy (non-hydrogen) atoms. The molecule has 0 spiro atoms. The van der Waals surface area contributed by atoms with Crippen LogP contribution in [0.25, 0.3) is 10.8 Å². The van der Waals surface area contributed by atoms with Crippen molar-refractivity contribution < 1.29 is 95.3 Å². The van der Waals surface area contributed by atoms with Crippen molar-refractivity contribution in [1.29, 1.82) is 0 Å². The normalized spacial score (nSPS) is 11.8. The van der Waals surface area contributed by atoms with Crippen molar-refractivity contribution in [3.8, 4) is 11.5 Å². The van der Waals surface area contributed by atoms with E-state index >= 15 is 0 Å². The van der Waals surface area contributed by atoms with E-state index in [1.54, 1.807) is 18.2 Å². The van der Waals surface area contributed by atoms with Crippen LogP contribution in [0.3, 0.4) is 0 Å². The quantitative estimate of drug-likeness (QED) is 0.186. The van der Waals surface area contributed by atoms with Gasteiger partial charge < -0.3 is 0 Å². The molecule has 3 aromatic carbocycles. The average molecular weight is 542 g/mol. The van der Waals surface area contributed by atoms with Crippen molar-refractivity contribution in [2.45, 2.75) is 9.79 Å². The van der Waals surface area contributed by atoms with Crippen LogP contribution in [0, 0.1) is 0 Å². The molecule has 0 amide bonds. The molecule has 3 aromatic rings. The van der Waals surface area contributed by atoms with E-state index in [1.165, 1.54) is 6.07 Å². The van der Waals surface area contributed by atoms with Crippen LogP contribution in [0.15, 0.2) is 62.5 Å². The molecule has 0 aromatic heterocycles. The zero-order chi connectivity index (χ0) is 21.6. The van der Waals surface area contributed by atoms with Gasteiger partial charge in [0.05, 0.1) is 0 Å². The molecule has 2 radical (unpaired) electrons. The first-order valence-electron chi connectivity index (χ1n) is 7.53. The zero-order valence-electron chi connectivity index (χ0n) is 16.0. The Morgan fingerprint density at radius 3 is 2.03 bits per heavy atom. The molecular formula is C16H9AsN2Na2O8S2. The molecule has 0 aliphatic rings. The number of fused-ring (bicyclic) bond motifs is 1. The second-order valence-corrected chi connectivity index (χ2v) is 9.53. The summed E-state index contributed by atoms with van der Waals surface area (Å²) in [6.45, 7) is 0. The van der Waals surface area contributed by atoms with Gasteiger partial charge >= 0.3 is 233 Å². The van der Waals surface area contributed by atoms with Gasteiger partial charge in [0.1, 0.15) is 0 Å². The molecule has 0 saturated heterocycles. The number of hydrogen-bond acceptors (Lipinski definition) is 8. The molecule has 10 nitrogen and oxygen atoms in total. The van der Waals surface area contributed by atoms with Crippen LogP contribution in [0.1, 0.15) is 0 Å². The molecule has 0 unspecified atom stereocenters. The van der Waals surface area contributed by atoms with Gasteiger partial charge in [-0.2, -0.15) is 0 Å². The van der Waals surface area contributed by atoms with E-state index in [0.717, 1.165) is 6.07 Å². The average Bonchev–Trinajstić information content (AvgIpc) is 2.60. The van der Waals surface area contributed by atoms with Gasteiger partial charge in [0.15, 0.2) is 0 Å². The number of nitrogens with zero attached hydrogens (tertiary/aromatic N) is 2. The maximum absolute atomic E-state index is 12.7. The standard InChI is InChI=1S/C16H11AsN2O8S2.2Na/c17-10-3-1-2-4-11(10)18-19-15-13(29(25,26)27)6-8-5-9(28(22,23)24)7-12(20)14(8)16(15)21;;/h1-7,20-21H,(H,22,23,24)(H,25,26,27);;/q;2*+1/p-2. The Bertz CT molecular complexity index is 1400. The summed E-state index contributed by atoms with van der Waals surface area (Å²) in [5.41, 5.74) is -0.523. The van der Waals surface area contributed by atoms with Gasteiger partial charge in [0.2, 0.25) is 0 Å². The fourth-order valence-electron chi connectivity index (χ4n) is 2.50. The Hall–Kier alpha value is -0.502. The molecule has 0 aliphatic heterocycles. The molecule has 150 valence electrons. The van der Waals surface area contributed by atoms with Gasteiger partial charge in [-0.25, -0.2) is 0 Å². The third kappa shape index (κ3) is 6.30. The molecule has 3 rings (SSSR count). The van der Waals surface area contributed by atoms with Crippen molar-refractivity contribution in [3.63, 3.8) is 0 Å². The molecule has 2 N–H and O–H groups in total. The smallest absolute Gasteiger partial charge is 1.00 e. The van der Waals surface area contributed by atoms with Gasteiger partial charge in [0.25, 0.3) is 0 Å². The third-order valence-electron chi connectivity index (χ3n) is 3.78. The Kier molecular flexibility index (Phi) is 9.77. The molecule has 0 aliphatic carbocycles. The molecular weight excluding hydrogens is 533 g/mol. The maximum Gasteiger partial charge on any atom is 1.00 e. The van der Waals surface area contributed by atoms with Crippen molar-refractivity contribution in [2.75, 3.05) is 0 Å². The van der Waals surface area contributed by atoms with Crippen LogP contribution in [0.5, 0.6) is 11.5 Å². The summed E-state index contributed by atoms with van der Waals surface area (Å²) in [5, 5.41) is 31.4. The second kappa shape index (κ2) is 10.6. The Labute approximate surface area is 230 Å². The molecule has 0 atom stereocenters. The van der Waals surface area contributed by atoms with Crippen molar-refractivity contribution >= 4 is 63.6 Å². The summed E-state index contributed by atoms with van der Waals surface area (Å²) in [6, 6.07) is 8.51. The molecule has 15 heteroatoms. The Morgan fingerprint density at radius 2 is 1.48 bits per heavy atom. The van der Waals surface area contributed by atoms with Crippen molar-refractivity contribution in [3.05, 3.63) is 42.5 Å². The summed E-state index contributed by atoms with van der Waals surface area (Å²) in [4.78, 5) is -1.79. The number of rotatable bonds is 4. The van der Waals surface area contributed by atoms with Gasteiger partial charge in [-0.1, -0.05) is 0 Å². The van der Waals surface area contributed by atoms with E-state index in [1.807, 2.05) is 0 Å². The minimum absolute atomic E-state index is 0. The van der Waals surface area contributed by atoms with Crippen LogP contribution in [0.2, 0.25) is 0 Å². The number of hydrogen-bond donors (Lipinski definition) is 2. The minimum Gasteiger partial charge on any atom is 1.00 e. The van der Waals surface area contributed by atoms with E-state index in [0.29, 0.717) is 16.5 Å². The van der Waals surface area contributed by atoms with Crippen molar-refractivity contribution in [1.82, 2.24) is 0 Å². The van der Waals surface area contributed by atoms with Gasteiger partial charge in [-0.3, -0.25) is 0 Å². The van der Waals surface area contributed by atoms with Gasteiger partial charge in [-0.05, 0) is 0 Å². The fraction of sp³-hybridized carbons (Fsp3) is 0. The van der Waals surface area contributed by atoms with Gasteiger partial charge in [-0.15, -0.1) is 0 Å². The van der Waals surface area contributed by atoms with E-state index in [9.17, 15) is 31.6 Å². The minimum atomic E-state index is -4.99. The van der Waals surface area contributed by atoms with Crippen LogP contribution < -0.4 is 73.7 Å². The summed E-state index contributed by atoms with van der Waals surface area (Å²) in [7, 11) is -9.79. The monoisotopic (exact) mass is 542 g/mol. The first-order valence-corrected chi connectivity index (χ1v) is 11.3. The summed E-state index contributed by atoms with van der Waals surface area (Å²) in [6.07, 6.45) is 0. The molecule has 0 bridgehead atoms. The fourth-order valence-corrected chi connectivity index (χ4v) is 4.12. The topological polar surface area (TPSA) is 180 Å². The van der Waals surface area contributed by atoms with Crippen LogP contribution in [-0.4, -0.2) is 42.8 Å². The zero-order valence-corrected chi connectivity index (χ0v) is 23.6. The summed E-state index contributed by atoms with van der Waals surface area (Å²) >= 11 is 2.20. The van der Waals surface area contributed by atoms with Crippen LogP contribution >= 0.6 is 0 Å². The first kappa shape index (κ1) is 28.5. The SMILES string of the molecule is O=S(=O)(O)c1cc([O-])c2c([O-])c(N=Nc3ccccc3[As])c(S(=O)(=O)O)cc2c1.[Na+].[Na+]. The molecule has 0 fully saturated rings. The van der Waals surface area contributed by atoms with Crippen molar-refractivity contribution in [2.24, 2.45) is 10.2 Å². The largest absolute Gasteiger partial charge is 1.00 e. The predicted octanol–water partition coefficient (Wildman–Crippen LogP) is -5.30. The first-order chi connectivity index (χ1) is 13.4. The van der Waals surface area contributed by atoms with E-state index in [-0.39, 0.29) is 64.8 Å².